The van der Waals surface area contributed by atoms with Crippen LogP contribution in [0, 0.1) is 11.8 Å². The van der Waals surface area contributed by atoms with Crippen LogP contribution in [0.5, 0.6) is 0 Å². The largest absolute Gasteiger partial charge is 0.390 e. The molecule has 0 aromatic rings. The fourth-order valence-corrected chi connectivity index (χ4v) is 1.68. The number of hydrogen-bond acceptors (Lipinski definition) is 2. The summed E-state index contributed by atoms with van der Waals surface area (Å²) in [5.74, 6) is -0.319. The second-order valence-electron chi connectivity index (χ2n) is 5.24. The maximum atomic E-state index is 12.2. The van der Waals surface area contributed by atoms with Crippen LogP contribution in [0.25, 0.3) is 0 Å². The van der Waals surface area contributed by atoms with Gasteiger partial charge in [0, 0.05) is 19.1 Å². The van der Waals surface area contributed by atoms with E-state index in [1.54, 1.807) is 13.8 Å². The van der Waals surface area contributed by atoms with Crippen molar-refractivity contribution < 1.29 is 18.0 Å². The highest BCUT2D eigenvalue weighted by Gasteiger charge is 2.33. The average molecular weight is 266 g/mol. The SMILES string of the molecule is CC(N)C(C)C(=O)N(CCC(F)(F)F)CC1CC1. The van der Waals surface area contributed by atoms with Gasteiger partial charge in [-0.3, -0.25) is 4.79 Å². The summed E-state index contributed by atoms with van der Waals surface area (Å²) in [6, 6.07) is -0.343. The monoisotopic (exact) mass is 266 g/mol. The molecule has 2 unspecified atom stereocenters. The van der Waals surface area contributed by atoms with E-state index in [1.807, 2.05) is 0 Å². The average Bonchev–Trinajstić information content (AvgIpc) is 3.04. The van der Waals surface area contributed by atoms with Crippen LogP contribution in [0.3, 0.4) is 0 Å². The minimum Gasteiger partial charge on any atom is -0.342 e. The van der Waals surface area contributed by atoms with Crippen LogP contribution in [-0.4, -0.2) is 36.1 Å². The van der Waals surface area contributed by atoms with Gasteiger partial charge >= 0.3 is 6.18 Å². The molecule has 18 heavy (non-hydrogen) atoms. The molecule has 0 aromatic heterocycles. The van der Waals surface area contributed by atoms with Crippen LogP contribution in [0.4, 0.5) is 13.2 Å². The van der Waals surface area contributed by atoms with Crippen molar-refractivity contribution in [1.29, 1.82) is 0 Å². The van der Waals surface area contributed by atoms with Crippen LogP contribution >= 0.6 is 0 Å². The molecular formula is C12H21F3N2O. The lowest BCUT2D eigenvalue weighted by molar-refractivity contribution is -0.147. The smallest absolute Gasteiger partial charge is 0.342 e. The van der Waals surface area contributed by atoms with Crippen molar-refractivity contribution >= 4 is 5.91 Å². The molecule has 1 aliphatic carbocycles. The third-order valence-electron chi connectivity index (χ3n) is 3.33. The Hall–Kier alpha value is -0.780. The van der Waals surface area contributed by atoms with Crippen molar-refractivity contribution in [3.05, 3.63) is 0 Å². The van der Waals surface area contributed by atoms with E-state index >= 15 is 0 Å². The van der Waals surface area contributed by atoms with Gasteiger partial charge in [0.1, 0.15) is 0 Å². The van der Waals surface area contributed by atoms with E-state index in [0.717, 1.165) is 12.8 Å². The zero-order chi connectivity index (χ0) is 13.9. The van der Waals surface area contributed by atoms with Gasteiger partial charge in [-0.05, 0) is 25.7 Å². The third kappa shape index (κ3) is 5.25. The van der Waals surface area contributed by atoms with Crippen molar-refractivity contribution in [2.75, 3.05) is 13.1 Å². The molecular weight excluding hydrogens is 245 g/mol. The maximum Gasteiger partial charge on any atom is 0.390 e. The van der Waals surface area contributed by atoms with Gasteiger partial charge in [-0.25, -0.2) is 0 Å². The highest BCUT2D eigenvalue weighted by molar-refractivity contribution is 5.79. The number of alkyl halides is 3. The summed E-state index contributed by atoms with van der Waals surface area (Å²) in [7, 11) is 0. The first-order valence-corrected chi connectivity index (χ1v) is 6.32. The Morgan fingerprint density at radius 2 is 1.94 bits per heavy atom. The van der Waals surface area contributed by atoms with Gasteiger partial charge in [-0.1, -0.05) is 6.92 Å². The predicted molar refractivity (Wildman–Crippen MR) is 62.8 cm³/mol. The number of hydrogen-bond donors (Lipinski definition) is 1. The number of nitrogens with two attached hydrogens (primary N) is 1. The van der Waals surface area contributed by atoms with Crippen molar-refractivity contribution in [2.45, 2.75) is 45.3 Å². The number of rotatable bonds is 6. The molecule has 1 rings (SSSR count). The van der Waals surface area contributed by atoms with Crippen molar-refractivity contribution in [3.63, 3.8) is 0 Å². The molecule has 6 heteroatoms. The van der Waals surface area contributed by atoms with E-state index in [9.17, 15) is 18.0 Å². The molecule has 2 atom stereocenters. The normalized spacial score (nSPS) is 19.4. The van der Waals surface area contributed by atoms with Crippen molar-refractivity contribution in [1.82, 2.24) is 4.90 Å². The number of amides is 1. The lowest BCUT2D eigenvalue weighted by Crippen LogP contribution is -2.43. The van der Waals surface area contributed by atoms with Gasteiger partial charge in [0.15, 0.2) is 0 Å². The van der Waals surface area contributed by atoms with Crippen LogP contribution in [0.2, 0.25) is 0 Å². The Labute approximate surface area is 106 Å². The molecule has 3 nitrogen and oxygen atoms in total. The van der Waals surface area contributed by atoms with E-state index < -0.39 is 18.5 Å². The number of halogens is 3. The Bertz CT molecular complexity index is 288. The number of carbonyl (C=O) groups excluding carboxylic acids is 1. The summed E-state index contributed by atoms with van der Waals surface area (Å²) >= 11 is 0. The zero-order valence-electron chi connectivity index (χ0n) is 10.8. The minimum absolute atomic E-state index is 0.254. The number of nitrogens with zero attached hydrogens (tertiary/aromatic N) is 1. The Morgan fingerprint density at radius 1 is 1.39 bits per heavy atom. The molecule has 1 aliphatic rings. The predicted octanol–water partition coefficient (Wildman–Crippen LogP) is 2.16. The number of carbonyl (C=O) groups is 1. The van der Waals surface area contributed by atoms with Crippen LogP contribution in [-0.2, 0) is 4.79 Å². The van der Waals surface area contributed by atoms with Crippen LogP contribution in [0.1, 0.15) is 33.1 Å². The maximum absolute atomic E-state index is 12.2. The van der Waals surface area contributed by atoms with Gasteiger partial charge in [0.25, 0.3) is 0 Å². The summed E-state index contributed by atoms with van der Waals surface area (Å²) in [6.45, 7) is 3.55. The molecule has 2 N–H and O–H groups in total. The molecule has 1 saturated carbocycles. The molecule has 0 saturated heterocycles. The standard InChI is InChI=1S/C12H21F3N2O/c1-8(9(2)16)11(18)17(7-10-3-4-10)6-5-12(13,14)15/h8-10H,3-7,16H2,1-2H3. The van der Waals surface area contributed by atoms with E-state index in [1.165, 1.54) is 4.90 Å². The zero-order valence-corrected chi connectivity index (χ0v) is 10.8. The van der Waals surface area contributed by atoms with Crippen LogP contribution in [0.15, 0.2) is 0 Å². The van der Waals surface area contributed by atoms with Crippen LogP contribution < -0.4 is 5.73 Å². The highest BCUT2D eigenvalue weighted by atomic mass is 19.4. The quantitative estimate of drug-likeness (QED) is 0.800. The Kier molecular flexibility index (Phi) is 5.01. The molecule has 0 radical (unpaired) electrons. The van der Waals surface area contributed by atoms with Gasteiger partial charge in [-0.15, -0.1) is 0 Å². The molecule has 106 valence electrons. The lowest BCUT2D eigenvalue weighted by atomic mass is 10.0. The minimum atomic E-state index is -4.22. The van der Waals surface area contributed by atoms with Gasteiger partial charge < -0.3 is 10.6 Å². The van der Waals surface area contributed by atoms with E-state index in [0.29, 0.717) is 12.5 Å². The second kappa shape index (κ2) is 5.91. The first-order valence-electron chi connectivity index (χ1n) is 6.32. The Morgan fingerprint density at radius 3 is 2.33 bits per heavy atom. The van der Waals surface area contributed by atoms with Gasteiger partial charge in [0.05, 0.1) is 12.3 Å². The molecule has 0 aromatic carbocycles. The molecule has 0 bridgehead atoms. The lowest BCUT2D eigenvalue weighted by Gasteiger charge is -2.27. The molecule has 0 aliphatic heterocycles. The van der Waals surface area contributed by atoms with Crippen molar-refractivity contribution in [3.8, 4) is 0 Å². The van der Waals surface area contributed by atoms with Gasteiger partial charge in [0.2, 0.25) is 5.91 Å². The first-order chi connectivity index (χ1) is 8.20. The van der Waals surface area contributed by atoms with Crippen molar-refractivity contribution in [2.24, 2.45) is 17.6 Å². The molecule has 1 amide bonds. The fraction of sp³-hybridized carbons (Fsp3) is 0.917. The van der Waals surface area contributed by atoms with E-state index in [-0.39, 0.29) is 18.5 Å². The Balaban J connectivity index is 2.56. The summed E-state index contributed by atoms with van der Waals surface area (Å²) < 4.78 is 36.7. The van der Waals surface area contributed by atoms with E-state index in [4.69, 9.17) is 5.73 Å². The second-order valence-corrected chi connectivity index (χ2v) is 5.24. The van der Waals surface area contributed by atoms with Gasteiger partial charge in [-0.2, -0.15) is 13.2 Å². The first kappa shape index (κ1) is 15.3. The third-order valence-corrected chi connectivity index (χ3v) is 3.33. The molecule has 0 heterocycles. The summed E-state index contributed by atoms with van der Waals surface area (Å²) in [4.78, 5) is 13.4. The topological polar surface area (TPSA) is 46.3 Å². The highest BCUT2D eigenvalue weighted by Crippen LogP contribution is 2.31. The van der Waals surface area contributed by atoms with E-state index in [2.05, 4.69) is 0 Å². The summed E-state index contributed by atoms with van der Waals surface area (Å²) in [5, 5.41) is 0. The molecule has 1 fully saturated rings. The summed E-state index contributed by atoms with van der Waals surface area (Å²) in [6.07, 6.45) is -3.17. The molecule has 0 spiro atoms. The summed E-state index contributed by atoms with van der Waals surface area (Å²) in [5.41, 5.74) is 5.63. The fourth-order valence-electron chi connectivity index (χ4n) is 1.68.